The number of piperidine rings is 1. The number of carbonyl (C=O) groups excluding carboxylic acids is 1. The van der Waals surface area contributed by atoms with E-state index in [0.717, 1.165) is 30.7 Å². The van der Waals surface area contributed by atoms with E-state index < -0.39 is 5.97 Å². The highest BCUT2D eigenvalue weighted by Crippen LogP contribution is 2.27. The maximum atomic E-state index is 13.2. The zero-order valence-electron chi connectivity index (χ0n) is 15.5. The Bertz CT molecular complexity index is 821. The molecule has 0 spiro atoms. The maximum absolute atomic E-state index is 13.2. The maximum Gasteiger partial charge on any atom is 0.303 e. The third-order valence-corrected chi connectivity index (χ3v) is 5.09. The van der Waals surface area contributed by atoms with Crippen molar-refractivity contribution in [2.24, 2.45) is 0 Å². The molecule has 7 nitrogen and oxygen atoms in total. The van der Waals surface area contributed by atoms with Gasteiger partial charge in [-0.05, 0) is 52.5 Å². The summed E-state index contributed by atoms with van der Waals surface area (Å²) in [6.45, 7) is 6.35. The van der Waals surface area contributed by atoms with E-state index in [-0.39, 0.29) is 18.4 Å². The summed E-state index contributed by atoms with van der Waals surface area (Å²) in [4.78, 5) is 26.0. The minimum absolute atomic E-state index is 0.00954. The number of nitrogens with zero attached hydrogens (tertiary/aromatic N) is 3. The molecule has 3 rings (SSSR count). The molecular weight excluding hydrogens is 334 g/mol. The van der Waals surface area contributed by atoms with E-state index in [4.69, 9.17) is 9.63 Å². The Morgan fingerprint density at radius 3 is 2.69 bits per heavy atom. The predicted octanol–water partition coefficient (Wildman–Crippen LogP) is 3.25. The molecule has 140 valence electrons. The van der Waals surface area contributed by atoms with Gasteiger partial charge in [-0.1, -0.05) is 5.16 Å². The molecule has 0 saturated carbocycles. The zero-order chi connectivity index (χ0) is 18.8. The second kappa shape index (κ2) is 7.35. The summed E-state index contributed by atoms with van der Waals surface area (Å²) in [5.74, 6) is 0.532. The Morgan fingerprint density at radius 2 is 2.04 bits per heavy atom. The van der Waals surface area contributed by atoms with Crippen LogP contribution in [0.15, 0.2) is 16.7 Å². The Morgan fingerprint density at radius 1 is 1.27 bits per heavy atom. The molecule has 1 aliphatic rings. The van der Waals surface area contributed by atoms with Crippen molar-refractivity contribution in [3.63, 3.8) is 0 Å². The van der Waals surface area contributed by atoms with Crippen LogP contribution in [0.25, 0.3) is 5.82 Å². The third kappa shape index (κ3) is 3.52. The zero-order valence-corrected chi connectivity index (χ0v) is 15.5. The smallest absolute Gasteiger partial charge is 0.303 e. The van der Waals surface area contributed by atoms with Crippen LogP contribution in [-0.2, 0) is 4.79 Å². The van der Waals surface area contributed by atoms with Crippen molar-refractivity contribution < 1.29 is 19.2 Å². The molecule has 0 aromatic carbocycles. The Balaban J connectivity index is 1.88. The first-order chi connectivity index (χ1) is 12.4. The second-order valence-electron chi connectivity index (χ2n) is 7.00. The third-order valence-electron chi connectivity index (χ3n) is 5.09. The van der Waals surface area contributed by atoms with E-state index in [1.165, 1.54) is 0 Å². The molecule has 1 saturated heterocycles. The number of carbonyl (C=O) groups is 2. The van der Waals surface area contributed by atoms with E-state index in [1.807, 2.05) is 42.4 Å². The van der Waals surface area contributed by atoms with Gasteiger partial charge in [0, 0.05) is 36.5 Å². The van der Waals surface area contributed by atoms with Gasteiger partial charge in [-0.3, -0.25) is 14.2 Å². The molecule has 2 aromatic heterocycles. The number of hydrogen-bond donors (Lipinski definition) is 1. The highest BCUT2D eigenvalue weighted by Gasteiger charge is 2.30. The molecule has 1 N–H and O–H groups in total. The molecule has 2 aromatic rings. The lowest BCUT2D eigenvalue weighted by Crippen LogP contribution is -2.44. The highest BCUT2D eigenvalue weighted by atomic mass is 16.5. The fourth-order valence-corrected chi connectivity index (χ4v) is 3.80. The number of likely N-dealkylation sites (tertiary alicyclic amines) is 1. The minimum Gasteiger partial charge on any atom is -0.481 e. The molecule has 3 heterocycles. The first-order valence-corrected chi connectivity index (χ1v) is 9.04. The summed E-state index contributed by atoms with van der Waals surface area (Å²) in [7, 11) is 0. The van der Waals surface area contributed by atoms with Gasteiger partial charge in [0.2, 0.25) is 0 Å². The van der Waals surface area contributed by atoms with E-state index in [0.29, 0.717) is 30.1 Å². The molecule has 1 unspecified atom stereocenters. The van der Waals surface area contributed by atoms with Crippen molar-refractivity contribution in [2.75, 3.05) is 6.54 Å². The van der Waals surface area contributed by atoms with Crippen molar-refractivity contribution in [1.82, 2.24) is 14.6 Å². The number of amides is 1. The van der Waals surface area contributed by atoms with Gasteiger partial charge in [0.25, 0.3) is 5.91 Å². The molecule has 0 bridgehead atoms. The van der Waals surface area contributed by atoms with Crippen LogP contribution in [0.4, 0.5) is 0 Å². The van der Waals surface area contributed by atoms with Gasteiger partial charge in [-0.2, -0.15) is 0 Å². The fourth-order valence-electron chi connectivity index (χ4n) is 3.80. The number of rotatable bonds is 5. The lowest BCUT2D eigenvalue weighted by Gasteiger charge is -2.35. The summed E-state index contributed by atoms with van der Waals surface area (Å²) in [5, 5.41) is 13.0. The van der Waals surface area contributed by atoms with Crippen LogP contribution in [0.5, 0.6) is 0 Å². The lowest BCUT2D eigenvalue weighted by molar-refractivity contribution is -0.137. The fraction of sp³-hybridized carbons (Fsp3) is 0.526. The summed E-state index contributed by atoms with van der Waals surface area (Å²) < 4.78 is 7.08. The normalized spacial score (nSPS) is 17.5. The largest absolute Gasteiger partial charge is 0.481 e. The SMILES string of the molecule is Cc1cc(-n2c(C)cc(C(=O)N3CCCCC3CCC(=O)O)c2C)no1. The van der Waals surface area contributed by atoms with Crippen LogP contribution in [0, 0.1) is 20.8 Å². The molecule has 26 heavy (non-hydrogen) atoms. The van der Waals surface area contributed by atoms with Crippen molar-refractivity contribution in [3.05, 3.63) is 34.8 Å². The highest BCUT2D eigenvalue weighted by molar-refractivity contribution is 5.96. The van der Waals surface area contributed by atoms with Crippen LogP contribution < -0.4 is 0 Å². The Labute approximate surface area is 152 Å². The monoisotopic (exact) mass is 359 g/mol. The predicted molar refractivity (Wildman–Crippen MR) is 95.6 cm³/mol. The molecule has 1 aliphatic heterocycles. The van der Waals surface area contributed by atoms with Gasteiger partial charge in [-0.25, -0.2) is 0 Å². The molecule has 0 radical (unpaired) electrons. The van der Waals surface area contributed by atoms with Crippen LogP contribution in [0.3, 0.4) is 0 Å². The standard InChI is InChI=1S/C19H25N3O4/c1-12-10-16(14(3)22(12)17-11-13(2)26-20-17)19(25)21-9-5-4-6-15(21)7-8-18(23)24/h10-11,15H,4-9H2,1-3H3,(H,23,24). The summed E-state index contributed by atoms with van der Waals surface area (Å²) >= 11 is 0. The second-order valence-corrected chi connectivity index (χ2v) is 7.00. The van der Waals surface area contributed by atoms with Gasteiger partial charge in [0.05, 0.1) is 5.56 Å². The van der Waals surface area contributed by atoms with Crippen LogP contribution in [0.1, 0.15) is 59.6 Å². The number of carboxylic acid groups (broad SMARTS) is 1. The quantitative estimate of drug-likeness (QED) is 0.885. The van der Waals surface area contributed by atoms with Crippen LogP contribution >= 0.6 is 0 Å². The molecule has 1 atom stereocenters. The van der Waals surface area contributed by atoms with Crippen LogP contribution in [-0.4, -0.2) is 44.2 Å². The number of aromatic nitrogens is 2. The molecule has 0 aliphatic carbocycles. The number of hydrogen-bond acceptors (Lipinski definition) is 4. The Kier molecular flexibility index (Phi) is 5.15. The van der Waals surface area contributed by atoms with Gasteiger partial charge in [-0.15, -0.1) is 0 Å². The minimum atomic E-state index is -0.817. The van der Waals surface area contributed by atoms with E-state index >= 15 is 0 Å². The van der Waals surface area contributed by atoms with Gasteiger partial charge in [0.1, 0.15) is 5.76 Å². The van der Waals surface area contributed by atoms with Crippen molar-refractivity contribution in [3.8, 4) is 5.82 Å². The molecule has 1 fully saturated rings. The average Bonchev–Trinajstić information content (AvgIpc) is 3.15. The summed E-state index contributed by atoms with van der Waals surface area (Å²) in [6, 6.07) is 3.71. The van der Waals surface area contributed by atoms with E-state index in [9.17, 15) is 9.59 Å². The molecule has 1 amide bonds. The first-order valence-electron chi connectivity index (χ1n) is 9.04. The number of aliphatic carboxylic acids is 1. The van der Waals surface area contributed by atoms with Gasteiger partial charge < -0.3 is 14.5 Å². The lowest BCUT2D eigenvalue weighted by atomic mass is 9.97. The molecule has 7 heteroatoms. The van der Waals surface area contributed by atoms with E-state index in [1.54, 1.807) is 0 Å². The van der Waals surface area contributed by atoms with Crippen molar-refractivity contribution in [2.45, 2.75) is 58.9 Å². The summed E-state index contributed by atoms with van der Waals surface area (Å²) in [6.07, 6.45) is 3.44. The van der Waals surface area contributed by atoms with Gasteiger partial charge in [0.15, 0.2) is 5.82 Å². The van der Waals surface area contributed by atoms with Crippen LogP contribution in [0.2, 0.25) is 0 Å². The topological polar surface area (TPSA) is 88.6 Å². The van der Waals surface area contributed by atoms with Crippen molar-refractivity contribution in [1.29, 1.82) is 0 Å². The Hall–Kier alpha value is -2.57. The first kappa shape index (κ1) is 18.2. The average molecular weight is 359 g/mol. The van der Waals surface area contributed by atoms with Crippen molar-refractivity contribution >= 4 is 11.9 Å². The molecular formula is C19H25N3O4. The van der Waals surface area contributed by atoms with Gasteiger partial charge >= 0.3 is 5.97 Å². The summed E-state index contributed by atoms with van der Waals surface area (Å²) in [5.41, 5.74) is 2.38. The number of aryl methyl sites for hydroxylation is 2. The number of carboxylic acids is 1. The van der Waals surface area contributed by atoms with E-state index in [2.05, 4.69) is 5.16 Å².